The maximum atomic E-state index is 13.2. The molecule has 1 amide bonds. The Labute approximate surface area is 142 Å². The predicted octanol–water partition coefficient (Wildman–Crippen LogP) is 2.58. The van der Waals surface area contributed by atoms with Gasteiger partial charge < -0.3 is 4.90 Å². The zero-order valence-corrected chi connectivity index (χ0v) is 14.8. The van der Waals surface area contributed by atoms with E-state index in [1.807, 2.05) is 38.1 Å². The highest BCUT2D eigenvalue weighted by Crippen LogP contribution is 2.24. The fourth-order valence-corrected chi connectivity index (χ4v) is 5.08. The van der Waals surface area contributed by atoms with Gasteiger partial charge in [-0.05, 0) is 31.9 Å². The number of aromatic nitrogens is 1. The zero-order chi connectivity index (χ0) is 17.3. The minimum Gasteiger partial charge on any atom is -0.335 e. The molecule has 3 rings (SSSR count). The first-order valence-corrected chi connectivity index (χ1v) is 10.1. The van der Waals surface area contributed by atoms with Crippen LogP contribution in [-0.4, -0.2) is 48.3 Å². The van der Waals surface area contributed by atoms with Crippen LogP contribution in [0.1, 0.15) is 35.8 Å². The average Bonchev–Trinajstić information content (AvgIpc) is 2.90. The molecule has 0 spiro atoms. The SMILES string of the molecule is CCCN(C(=O)c1cc(C)nc2ccccc12)C1CCS(=O)(=O)C1. The lowest BCUT2D eigenvalue weighted by Crippen LogP contribution is -2.41. The molecule has 1 atom stereocenters. The monoisotopic (exact) mass is 346 g/mol. The average molecular weight is 346 g/mol. The van der Waals surface area contributed by atoms with E-state index in [2.05, 4.69) is 4.98 Å². The van der Waals surface area contributed by atoms with Crippen LogP contribution in [0.5, 0.6) is 0 Å². The number of aryl methyl sites for hydroxylation is 1. The van der Waals surface area contributed by atoms with Crippen molar-refractivity contribution in [2.24, 2.45) is 0 Å². The minimum absolute atomic E-state index is 0.0702. The third kappa shape index (κ3) is 3.29. The standard InChI is InChI=1S/C18H22N2O3S/c1-3-9-20(14-8-10-24(22,23)12-14)18(21)16-11-13(2)19-17-7-5-4-6-15(16)17/h4-7,11,14H,3,8-10,12H2,1-2H3. The van der Waals surface area contributed by atoms with Crippen molar-refractivity contribution in [2.45, 2.75) is 32.7 Å². The first-order valence-electron chi connectivity index (χ1n) is 8.29. The third-order valence-corrected chi connectivity index (χ3v) is 6.20. The fraction of sp³-hybridized carbons (Fsp3) is 0.444. The van der Waals surface area contributed by atoms with E-state index in [-0.39, 0.29) is 23.5 Å². The Kier molecular flexibility index (Phi) is 4.58. The molecule has 0 N–H and O–H groups in total. The summed E-state index contributed by atoms with van der Waals surface area (Å²) in [5.41, 5.74) is 2.18. The molecule has 0 bridgehead atoms. The second-order valence-electron chi connectivity index (χ2n) is 6.38. The van der Waals surface area contributed by atoms with Gasteiger partial charge in [-0.25, -0.2) is 8.42 Å². The van der Waals surface area contributed by atoms with E-state index in [0.717, 1.165) is 23.0 Å². The van der Waals surface area contributed by atoms with Crippen LogP contribution in [-0.2, 0) is 9.84 Å². The largest absolute Gasteiger partial charge is 0.335 e. The summed E-state index contributed by atoms with van der Waals surface area (Å²) in [6, 6.07) is 9.15. The molecule has 1 aromatic carbocycles. The van der Waals surface area contributed by atoms with Crippen molar-refractivity contribution in [1.82, 2.24) is 9.88 Å². The van der Waals surface area contributed by atoms with Crippen molar-refractivity contribution in [3.63, 3.8) is 0 Å². The Balaban J connectivity index is 2.02. The molecular weight excluding hydrogens is 324 g/mol. The van der Waals surface area contributed by atoms with Gasteiger partial charge in [0.25, 0.3) is 5.91 Å². The molecule has 5 nitrogen and oxygen atoms in total. The minimum atomic E-state index is -3.03. The number of rotatable bonds is 4. The topological polar surface area (TPSA) is 67.3 Å². The number of hydrogen-bond donors (Lipinski definition) is 0. The summed E-state index contributed by atoms with van der Waals surface area (Å²) in [6.45, 7) is 4.43. The molecule has 24 heavy (non-hydrogen) atoms. The maximum absolute atomic E-state index is 13.2. The van der Waals surface area contributed by atoms with Crippen molar-refractivity contribution in [2.75, 3.05) is 18.1 Å². The van der Waals surface area contributed by atoms with Crippen LogP contribution in [0.15, 0.2) is 30.3 Å². The van der Waals surface area contributed by atoms with E-state index in [0.29, 0.717) is 18.5 Å². The van der Waals surface area contributed by atoms with Gasteiger partial charge >= 0.3 is 0 Å². The normalized spacial score (nSPS) is 19.5. The van der Waals surface area contributed by atoms with Gasteiger partial charge in [0.1, 0.15) is 0 Å². The van der Waals surface area contributed by atoms with Crippen LogP contribution in [0.4, 0.5) is 0 Å². The van der Waals surface area contributed by atoms with Gasteiger partial charge in [0.15, 0.2) is 9.84 Å². The van der Waals surface area contributed by atoms with Gasteiger partial charge in [0.2, 0.25) is 0 Å². The Morgan fingerprint density at radius 1 is 1.33 bits per heavy atom. The lowest BCUT2D eigenvalue weighted by molar-refractivity contribution is 0.0699. The lowest BCUT2D eigenvalue weighted by atomic mass is 10.0. The molecule has 1 saturated heterocycles. The van der Waals surface area contributed by atoms with Crippen molar-refractivity contribution in [1.29, 1.82) is 0 Å². The molecule has 1 aliphatic heterocycles. The van der Waals surface area contributed by atoms with Gasteiger partial charge in [-0.2, -0.15) is 0 Å². The summed E-state index contributed by atoms with van der Waals surface area (Å²) < 4.78 is 23.7. The number of sulfone groups is 1. The fourth-order valence-electron chi connectivity index (χ4n) is 3.35. The summed E-state index contributed by atoms with van der Waals surface area (Å²) in [5.74, 6) is 0.141. The van der Waals surface area contributed by atoms with Crippen LogP contribution < -0.4 is 0 Å². The summed E-state index contributed by atoms with van der Waals surface area (Å²) in [7, 11) is -3.03. The van der Waals surface area contributed by atoms with Crippen molar-refractivity contribution in [3.8, 4) is 0 Å². The predicted molar refractivity (Wildman–Crippen MR) is 94.9 cm³/mol. The lowest BCUT2D eigenvalue weighted by Gasteiger charge is -2.28. The highest BCUT2D eigenvalue weighted by Gasteiger charge is 2.35. The molecule has 0 aliphatic carbocycles. The van der Waals surface area contributed by atoms with Gasteiger partial charge in [0, 0.05) is 23.7 Å². The molecule has 0 saturated carbocycles. The summed E-state index contributed by atoms with van der Waals surface area (Å²) in [4.78, 5) is 19.4. The maximum Gasteiger partial charge on any atom is 0.254 e. The van der Waals surface area contributed by atoms with Gasteiger partial charge in [-0.3, -0.25) is 9.78 Å². The Morgan fingerprint density at radius 2 is 2.08 bits per heavy atom. The number of fused-ring (bicyclic) bond motifs is 1. The molecule has 1 unspecified atom stereocenters. The van der Waals surface area contributed by atoms with Crippen LogP contribution in [0, 0.1) is 6.92 Å². The quantitative estimate of drug-likeness (QED) is 0.853. The van der Waals surface area contributed by atoms with E-state index >= 15 is 0 Å². The van der Waals surface area contributed by atoms with E-state index < -0.39 is 9.84 Å². The molecular formula is C18H22N2O3S. The Bertz CT molecular complexity index is 877. The van der Waals surface area contributed by atoms with Gasteiger partial charge in [0.05, 0.1) is 22.6 Å². The molecule has 1 aromatic heterocycles. The van der Waals surface area contributed by atoms with Gasteiger partial charge in [-0.15, -0.1) is 0 Å². The van der Waals surface area contributed by atoms with Crippen molar-refractivity contribution in [3.05, 3.63) is 41.6 Å². The number of amides is 1. The number of para-hydroxylation sites is 1. The molecule has 6 heteroatoms. The first-order chi connectivity index (χ1) is 11.4. The third-order valence-electron chi connectivity index (χ3n) is 4.45. The summed E-state index contributed by atoms with van der Waals surface area (Å²) in [5, 5.41) is 0.815. The van der Waals surface area contributed by atoms with E-state index in [1.54, 1.807) is 11.0 Å². The summed E-state index contributed by atoms with van der Waals surface area (Å²) >= 11 is 0. The van der Waals surface area contributed by atoms with E-state index in [1.165, 1.54) is 0 Å². The second kappa shape index (κ2) is 6.51. The Hall–Kier alpha value is -1.95. The molecule has 2 heterocycles. The summed E-state index contributed by atoms with van der Waals surface area (Å²) in [6.07, 6.45) is 1.32. The molecule has 128 valence electrons. The van der Waals surface area contributed by atoms with E-state index in [9.17, 15) is 13.2 Å². The molecule has 1 fully saturated rings. The first kappa shape index (κ1) is 16.9. The van der Waals surface area contributed by atoms with Crippen LogP contribution in [0.2, 0.25) is 0 Å². The highest BCUT2D eigenvalue weighted by atomic mass is 32.2. The molecule has 2 aromatic rings. The van der Waals surface area contributed by atoms with Crippen LogP contribution in [0.3, 0.4) is 0 Å². The number of carbonyl (C=O) groups excluding carboxylic acids is 1. The van der Waals surface area contributed by atoms with Crippen LogP contribution in [0.25, 0.3) is 10.9 Å². The van der Waals surface area contributed by atoms with E-state index in [4.69, 9.17) is 0 Å². The highest BCUT2D eigenvalue weighted by molar-refractivity contribution is 7.91. The van der Waals surface area contributed by atoms with Crippen molar-refractivity contribution < 1.29 is 13.2 Å². The molecule has 1 aliphatic rings. The zero-order valence-electron chi connectivity index (χ0n) is 14.0. The number of hydrogen-bond acceptors (Lipinski definition) is 4. The number of pyridine rings is 1. The second-order valence-corrected chi connectivity index (χ2v) is 8.61. The Morgan fingerprint density at radius 3 is 2.75 bits per heavy atom. The number of nitrogens with zero attached hydrogens (tertiary/aromatic N) is 2. The molecule has 0 radical (unpaired) electrons. The number of carbonyl (C=O) groups is 1. The van der Waals surface area contributed by atoms with Crippen molar-refractivity contribution >= 4 is 26.6 Å². The number of benzene rings is 1. The van der Waals surface area contributed by atoms with Crippen LogP contribution >= 0.6 is 0 Å². The van der Waals surface area contributed by atoms with Gasteiger partial charge in [-0.1, -0.05) is 25.1 Å². The smallest absolute Gasteiger partial charge is 0.254 e.